The summed E-state index contributed by atoms with van der Waals surface area (Å²) in [5.74, 6) is 0. The fourth-order valence-corrected chi connectivity index (χ4v) is 4.80. The van der Waals surface area contributed by atoms with Gasteiger partial charge in [0.25, 0.3) is 0 Å². The van der Waals surface area contributed by atoms with E-state index < -0.39 is 0 Å². The maximum absolute atomic E-state index is 5.21. The van der Waals surface area contributed by atoms with Crippen molar-refractivity contribution in [1.82, 2.24) is 19.9 Å². The van der Waals surface area contributed by atoms with Crippen molar-refractivity contribution in [2.45, 2.75) is 0 Å². The van der Waals surface area contributed by atoms with Gasteiger partial charge in [-0.05, 0) is 60.7 Å². The normalized spacial score (nSPS) is 14.9. The van der Waals surface area contributed by atoms with Crippen LogP contribution < -0.4 is 0 Å². The number of nitrogens with zero attached hydrogens (tertiary/aromatic N) is 6. The zero-order valence-electron chi connectivity index (χ0n) is 21.4. The highest BCUT2D eigenvalue weighted by molar-refractivity contribution is 6.22. The molecule has 5 heterocycles. The first-order chi connectivity index (χ1) is 19.8. The summed E-state index contributed by atoms with van der Waals surface area (Å²) < 4.78 is 0. The van der Waals surface area contributed by atoms with E-state index in [0.29, 0.717) is 0 Å². The number of fused-ring (bicyclic) bond motifs is 2. The molecule has 188 valence electrons. The fraction of sp³-hybridized carbons (Fsp3) is 0. The fourth-order valence-electron chi connectivity index (χ4n) is 4.80. The van der Waals surface area contributed by atoms with Crippen molar-refractivity contribution in [3.63, 3.8) is 0 Å². The summed E-state index contributed by atoms with van der Waals surface area (Å²) in [7, 11) is 0. The Hall–Kier alpha value is -5.62. The standard InChI is InChI=1S/C34H22N6/c1-3-7-31-27(5-1)33(25-9-11-29(37-21-25)23-13-17-35-18-14-23)40-32-8-4-2-6-28(32)34(39-31)26-10-12-30(38-22-26)24-15-19-36-20-16-24/h1-22H/b33-27?,34-28?,39-31?,39-34-,40-32?,40-33-. The predicted octanol–water partition coefficient (Wildman–Crippen LogP) is 7.25. The number of para-hydroxylation sites is 2. The summed E-state index contributed by atoms with van der Waals surface area (Å²) in [6.45, 7) is 0. The van der Waals surface area contributed by atoms with Gasteiger partial charge in [0.05, 0.1) is 34.2 Å². The van der Waals surface area contributed by atoms with E-state index in [1.807, 2.05) is 85.2 Å². The smallest absolute Gasteiger partial charge is 0.0819 e. The molecule has 0 unspecified atom stereocenters. The lowest BCUT2D eigenvalue weighted by molar-refractivity contribution is 1.27. The lowest BCUT2D eigenvalue weighted by Crippen LogP contribution is -2.10. The number of pyridine rings is 4. The van der Waals surface area contributed by atoms with Crippen molar-refractivity contribution in [1.29, 1.82) is 0 Å². The van der Waals surface area contributed by atoms with E-state index in [9.17, 15) is 0 Å². The van der Waals surface area contributed by atoms with Crippen molar-refractivity contribution >= 4 is 22.8 Å². The second kappa shape index (κ2) is 10.3. The van der Waals surface area contributed by atoms with Crippen LogP contribution in [0.4, 0.5) is 11.4 Å². The number of aromatic nitrogens is 4. The third-order valence-corrected chi connectivity index (χ3v) is 6.81. The SMILES string of the molecule is c1ccc2c(c1)/N=C(/c1ccc(-c3ccncc3)nc1)c1ccccc1/N=C\2c1ccc(-c2ccncc2)nc1. The minimum atomic E-state index is 0.825. The molecular weight excluding hydrogens is 492 g/mol. The molecule has 0 spiro atoms. The molecule has 7 rings (SSSR count). The molecule has 1 aliphatic rings. The zero-order valence-corrected chi connectivity index (χ0v) is 21.4. The van der Waals surface area contributed by atoms with Gasteiger partial charge in [-0.25, -0.2) is 9.98 Å². The molecular formula is C34H22N6. The van der Waals surface area contributed by atoms with E-state index in [2.05, 4.69) is 34.2 Å². The Kier molecular flexibility index (Phi) is 6.03. The maximum atomic E-state index is 5.21. The van der Waals surface area contributed by atoms with Gasteiger partial charge in [-0.1, -0.05) is 36.4 Å². The quantitative estimate of drug-likeness (QED) is 0.248. The second-order valence-corrected chi connectivity index (χ2v) is 9.29. The highest BCUT2D eigenvalue weighted by Gasteiger charge is 2.20. The van der Waals surface area contributed by atoms with E-state index in [-0.39, 0.29) is 0 Å². The summed E-state index contributed by atoms with van der Waals surface area (Å²) >= 11 is 0. The predicted molar refractivity (Wildman–Crippen MR) is 158 cm³/mol. The number of rotatable bonds is 4. The van der Waals surface area contributed by atoms with Gasteiger partial charge < -0.3 is 0 Å². The zero-order chi connectivity index (χ0) is 26.7. The van der Waals surface area contributed by atoms with Gasteiger partial charge in [-0.2, -0.15) is 0 Å². The van der Waals surface area contributed by atoms with Crippen molar-refractivity contribution in [2.75, 3.05) is 0 Å². The molecule has 0 atom stereocenters. The maximum Gasteiger partial charge on any atom is 0.0819 e. The highest BCUT2D eigenvalue weighted by Crippen LogP contribution is 2.33. The number of benzene rings is 2. The minimum Gasteiger partial charge on any atom is -0.265 e. The van der Waals surface area contributed by atoms with Crippen LogP contribution in [0.3, 0.4) is 0 Å². The molecule has 6 nitrogen and oxygen atoms in total. The third-order valence-electron chi connectivity index (χ3n) is 6.81. The van der Waals surface area contributed by atoms with E-state index >= 15 is 0 Å². The average Bonchev–Trinajstić information content (AvgIpc) is 3.03. The Morgan fingerprint density at radius 3 is 1.20 bits per heavy atom. The number of hydrogen-bond acceptors (Lipinski definition) is 6. The molecule has 0 radical (unpaired) electrons. The van der Waals surface area contributed by atoms with Crippen LogP contribution in [-0.2, 0) is 0 Å². The molecule has 0 saturated heterocycles. The minimum absolute atomic E-state index is 0.825. The van der Waals surface area contributed by atoms with Crippen molar-refractivity contribution in [3.8, 4) is 22.5 Å². The Morgan fingerprint density at radius 2 is 0.800 bits per heavy atom. The summed E-state index contributed by atoms with van der Waals surface area (Å²) in [5, 5.41) is 0. The molecule has 0 bridgehead atoms. The first kappa shape index (κ1) is 23.5. The van der Waals surface area contributed by atoms with E-state index in [0.717, 1.165) is 67.6 Å². The van der Waals surface area contributed by atoms with Crippen molar-refractivity contribution in [3.05, 3.63) is 156 Å². The topological polar surface area (TPSA) is 76.3 Å². The highest BCUT2D eigenvalue weighted by atomic mass is 14.8. The monoisotopic (exact) mass is 514 g/mol. The molecule has 0 saturated carbocycles. The van der Waals surface area contributed by atoms with Crippen LogP contribution in [0.5, 0.6) is 0 Å². The lowest BCUT2D eigenvalue weighted by atomic mass is 9.96. The van der Waals surface area contributed by atoms with Crippen LogP contribution in [0.25, 0.3) is 22.5 Å². The molecule has 40 heavy (non-hydrogen) atoms. The summed E-state index contributed by atoms with van der Waals surface area (Å²) in [5.41, 5.74) is 10.8. The largest absolute Gasteiger partial charge is 0.265 e. The van der Waals surface area contributed by atoms with Gasteiger partial charge in [0.2, 0.25) is 0 Å². The van der Waals surface area contributed by atoms with Crippen LogP contribution in [0.15, 0.2) is 144 Å². The number of aliphatic imine (C=N–C) groups is 2. The van der Waals surface area contributed by atoms with Gasteiger partial charge in [0.15, 0.2) is 0 Å². The van der Waals surface area contributed by atoms with Crippen LogP contribution in [0.2, 0.25) is 0 Å². The lowest BCUT2D eigenvalue weighted by Gasteiger charge is -2.18. The summed E-state index contributed by atoms with van der Waals surface area (Å²) in [6, 6.07) is 32.2. The van der Waals surface area contributed by atoms with Crippen LogP contribution in [0, 0.1) is 0 Å². The summed E-state index contributed by atoms with van der Waals surface area (Å²) in [4.78, 5) is 28.1. The Labute approximate surface area is 231 Å². The Bertz CT molecular complexity index is 1720. The molecule has 6 aromatic rings. The Balaban J connectivity index is 1.34. The molecule has 0 aliphatic carbocycles. The molecule has 6 heteroatoms. The van der Waals surface area contributed by atoms with Crippen LogP contribution in [0.1, 0.15) is 22.3 Å². The average molecular weight is 515 g/mol. The van der Waals surface area contributed by atoms with Gasteiger partial charge in [-0.15, -0.1) is 0 Å². The van der Waals surface area contributed by atoms with E-state index in [1.54, 1.807) is 24.8 Å². The van der Waals surface area contributed by atoms with Gasteiger partial charge >= 0.3 is 0 Å². The molecule has 0 N–H and O–H groups in total. The molecule has 1 aliphatic heterocycles. The van der Waals surface area contributed by atoms with E-state index in [4.69, 9.17) is 20.0 Å². The second-order valence-electron chi connectivity index (χ2n) is 9.29. The van der Waals surface area contributed by atoms with Gasteiger partial charge in [-0.3, -0.25) is 19.9 Å². The molecule has 0 amide bonds. The Morgan fingerprint density at radius 1 is 0.375 bits per heavy atom. The molecule has 4 aromatic heterocycles. The van der Waals surface area contributed by atoms with E-state index in [1.165, 1.54) is 0 Å². The van der Waals surface area contributed by atoms with Crippen LogP contribution in [-0.4, -0.2) is 31.4 Å². The molecule has 2 aromatic carbocycles. The van der Waals surface area contributed by atoms with Crippen molar-refractivity contribution in [2.24, 2.45) is 9.98 Å². The summed E-state index contributed by atoms with van der Waals surface area (Å²) in [6.07, 6.45) is 10.8. The third kappa shape index (κ3) is 4.48. The van der Waals surface area contributed by atoms with Gasteiger partial charge in [0.1, 0.15) is 0 Å². The first-order valence-corrected chi connectivity index (χ1v) is 12.9. The van der Waals surface area contributed by atoms with Crippen LogP contribution >= 0.6 is 0 Å². The van der Waals surface area contributed by atoms with Crippen molar-refractivity contribution < 1.29 is 0 Å². The van der Waals surface area contributed by atoms with Gasteiger partial charge in [0, 0.05) is 70.6 Å². The first-order valence-electron chi connectivity index (χ1n) is 12.9. The molecule has 0 fully saturated rings. The number of hydrogen-bond donors (Lipinski definition) is 0.